The van der Waals surface area contributed by atoms with Crippen LogP contribution in [-0.4, -0.2) is 15.1 Å². The molecule has 0 spiro atoms. The standard InChI is InChI=1S/C18H13I2N3O/c1-9-3-15-16(4-10(9)2)23-18(22-15)12(8-21)5-11-6-13(19)17(24)14(20)7-11/h3-7,24H,1-2H3,(H,22,23)/b12-5+. The molecule has 0 aliphatic rings. The molecule has 0 aliphatic heterocycles. The van der Waals surface area contributed by atoms with Crippen molar-refractivity contribution in [2.24, 2.45) is 0 Å². The molecule has 120 valence electrons. The zero-order valence-corrected chi connectivity index (χ0v) is 17.3. The number of fused-ring (bicyclic) bond motifs is 1. The van der Waals surface area contributed by atoms with Crippen molar-refractivity contribution in [2.75, 3.05) is 0 Å². The number of nitrogens with zero attached hydrogens (tertiary/aromatic N) is 2. The summed E-state index contributed by atoms with van der Waals surface area (Å²) >= 11 is 4.15. The van der Waals surface area contributed by atoms with Gasteiger partial charge in [0.25, 0.3) is 0 Å². The highest BCUT2D eigenvalue weighted by Crippen LogP contribution is 2.29. The fraction of sp³-hybridized carbons (Fsp3) is 0.111. The fourth-order valence-electron chi connectivity index (χ4n) is 2.39. The lowest BCUT2D eigenvalue weighted by Crippen LogP contribution is -1.87. The second kappa shape index (κ2) is 6.72. The van der Waals surface area contributed by atoms with Crippen molar-refractivity contribution >= 4 is 67.9 Å². The quantitative estimate of drug-likeness (QED) is 0.348. The van der Waals surface area contributed by atoms with Crippen molar-refractivity contribution in [3.63, 3.8) is 0 Å². The van der Waals surface area contributed by atoms with Crippen LogP contribution in [0, 0.1) is 32.3 Å². The van der Waals surface area contributed by atoms with Gasteiger partial charge in [-0.2, -0.15) is 5.26 Å². The lowest BCUT2D eigenvalue weighted by Gasteiger charge is -2.03. The van der Waals surface area contributed by atoms with Gasteiger partial charge < -0.3 is 10.1 Å². The number of phenolic OH excluding ortho intramolecular Hbond substituents is 1. The van der Waals surface area contributed by atoms with Crippen molar-refractivity contribution in [3.05, 3.63) is 53.9 Å². The Labute approximate surface area is 166 Å². The number of phenols is 1. The van der Waals surface area contributed by atoms with E-state index < -0.39 is 0 Å². The Morgan fingerprint density at radius 2 is 1.79 bits per heavy atom. The van der Waals surface area contributed by atoms with Gasteiger partial charge in [-0.25, -0.2) is 4.98 Å². The molecule has 0 aliphatic carbocycles. The summed E-state index contributed by atoms with van der Waals surface area (Å²) in [5, 5.41) is 19.4. The molecule has 3 aromatic rings. The smallest absolute Gasteiger partial charge is 0.149 e. The molecule has 6 heteroatoms. The number of hydrogen-bond acceptors (Lipinski definition) is 3. The molecule has 0 fully saturated rings. The van der Waals surface area contributed by atoms with Crippen LogP contribution in [0.2, 0.25) is 0 Å². The summed E-state index contributed by atoms with van der Waals surface area (Å²) in [4.78, 5) is 7.77. The van der Waals surface area contributed by atoms with Crippen LogP contribution in [0.1, 0.15) is 22.5 Å². The third kappa shape index (κ3) is 3.28. The summed E-state index contributed by atoms with van der Waals surface area (Å²) < 4.78 is 1.50. The van der Waals surface area contributed by atoms with Crippen LogP contribution < -0.4 is 0 Å². The first-order valence-electron chi connectivity index (χ1n) is 7.16. The van der Waals surface area contributed by atoms with Crippen LogP contribution in [0.15, 0.2) is 24.3 Å². The maximum absolute atomic E-state index is 9.87. The predicted octanol–water partition coefficient (Wildman–Crippen LogP) is 5.16. The number of allylic oxidation sites excluding steroid dienone is 1. The number of rotatable bonds is 2. The monoisotopic (exact) mass is 541 g/mol. The minimum Gasteiger partial charge on any atom is -0.506 e. The number of halogens is 2. The number of H-pyrrole nitrogens is 1. The van der Waals surface area contributed by atoms with E-state index in [0.717, 1.165) is 23.7 Å². The third-order valence-corrected chi connectivity index (χ3v) is 5.47. The number of aromatic amines is 1. The number of benzene rings is 2. The van der Waals surface area contributed by atoms with Gasteiger partial charge in [0, 0.05) is 0 Å². The minimum atomic E-state index is 0.265. The molecule has 1 aromatic heterocycles. The number of imidazole rings is 1. The summed E-state index contributed by atoms with van der Waals surface area (Å²) in [5.74, 6) is 0.817. The van der Waals surface area contributed by atoms with Crippen molar-refractivity contribution < 1.29 is 5.11 Å². The van der Waals surface area contributed by atoms with Crippen LogP contribution in [-0.2, 0) is 0 Å². The molecule has 0 radical (unpaired) electrons. The first-order chi connectivity index (χ1) is 11.4. The Kier molecular flexibility index (Phi) is 4.83. The van der Waals surface area contributed by atoms with Gasteiger partial charge in [0.2, 0.25) is 0 Å². The van der Waals surface area contributed by atoms with Gasteiger partial charge in [-0.15, -0.1) is 0 Å². The molecule has 1 heterocycles. The number of aromatic nitrogens is 2. The van der Waals surface area contributed by atoms with Crippen molar-refractivity contribution in [3.8, 4) is 11.8 Å². The molecule has 0 bridgehead atoms. The Balaban J connectivity index is 2.11. The highest BCUT2D eigenvalue weighted by Gasteiger charge is 2.11. The molecule has 2 N–H and O–H groups in total. The van der Waals surface area contributed by atoms with Crippen molar-refractivity contribution in [1.29, 1.82) is 5.26 Å². The van der Waals surface area contributed by atoms with Gasteiger partial charge in [-0.05, 0) is 106 Å². The maximum Gasteiger partial charge on any atom is 0.149 e. The molecular weight excluding hydrogens is 528 g/mol. The first-order valence-corrected chi connectivity index (χ1v) is 9.32. The van der Waals surface area contributed by atoms with E-state index in [0.29, 0.717) is 11.4 Å². The first kappa shape index (κ1) is 17.2. The molecular formula is C18H13I2N3O. The highest BCUT2D eigenvalue weighted by atomic mass is 127. The van der Waals surface area contributed by atoms with Gasteiger partial charge in [0.15, 0.2) is 0 Å². The number of aromatic hydroxyl groups is 1. The summed E-state index contributed by atoms with van der Waals surface area (Å²) in [6.07, 6.45) is 1.78. The number of nitrogens with one attached hydrogen (secondary N) is 1. The fourth-order valence-corrected chi connectivity index (χ4v) is 4.20. The largest absolute Gasteiger partial charge is 0.506 e. The zero-order chi connectivity index (χ0) is 17.4. The van der Waals surface area contributed by atoms with Crippen molar-refractivity contribution in [2.45, 2.75) is 13.8 Å². The summed E-state index contributed by atoms with van der Waals surface area (Å²) in [6, 6.07) is 9.95. The molecule has 0 saturated carbocycles. The normalized spacial score (nSPS) is 11.7. The van der Waals surface area contributed by atoms with E-state index in [2.05, 4.69) is 68.1 Å². The molecule has 3 rings (SSSR count). The van der Waals surface area contributed by atoms with Crippen LogP contribution in [0.4, 0.5) is 0 Å². The topological polar surface area (TPSA) is 72.7 Å². The van der Waals surface area contributed by atoms with E-state index >= 15 is 0 Å². The molecule has 0 unspecified atom stereocenters. The predicted molar refractivity (Wildman–Crippen MR) is 113 cm³/mol. The maximum atomic E-state index is 9.87. The highest BCUT2D eigenvalue weighted by molar-refractivity contribution is 14.1. The second-order valence-corrected chi connectivity index (χ2v) is 7.87. The number of nitriles is 1. The second-order valence-electron chi connectivity index (χ2n) is 5.54. The molecule has 24 heavy (non-hydrogen) atoms. The SMILES string of the molecule is Cc1cc2nc(/C(C#N)=C/c3cc(I)c(O)c(I)c3)[nH]c2cc1C. The average Bonchev–Trinajstić information content (AvgIpc) is 2.93. The Morgan fingerprint density at radius 1 is 1.17 bits per heavy atom. The van der Waals surface area contributed by atoms with Gasteiger partial charge >= 0.3 is 0 Å². The van der Waals surface area contributed by atoms with Crippen LogP contribution in [0.25, 0.3) is 22.7 Å². The van der Waals surface area contributed by atoms with E-state index in [1.54, 1.807) is 6.08 Å². The zero-order valence-electron chi connectivity index (χ0n) is 13.0. The van der Waals surface area contributed by atoms with Crippen LogP contribution >= 0.6 is 45.2 Å². The molecule has 2 aromatic carbocycles. The van der Waals surface area contributed by atoms with E-state index in [9.17, 15) is 10.4 Å². The van der Waals surface area contributed by atoms with Gasteiger partial charge in [-0.1, -0.05) is 0 Å². The van der Waals surface area contributed by atoms with E-state index in [1.165, 1.54) is 11.1 Å². The Morgan fingerprint density at radius 3 is 2.42 bits per heavy atom. The molecule has 0 amide bonds. The summed E-state index contributed by atoms with van der Waals surface area (Å²) in [7, 11) is 0. The molecule has 0 atom stereocenters. The molecule has 4 nitrogen and oxygen atoms in total. The van der Waals surface area contributed by atoms with Crippen molar-refractivity contribution in [1.82, 2.24) is 9.97 Å². The summed E-state index contributed by atoms with van der Waals surface area (Å²) in [6.45, 7) is 4.10. The lowest BCUT2D eigenvalue weighted by atomic mass is 10.1. The van der Waals surface area contributed by atoms with E-state index in [1.807, 2.05) is 31.2 Å². The number of hydrogen-bond donors (Lipinski definition) is 2. The third-order valence-electron chi connectivity index (χ3n) is 3.82. The van der Waals surface area contributed by atoms with E-state index in [-0.39, 0.29) is 5.75 Å². The van der Waals surface area contributed by atoms with E-state index in [4.69, 9.17) is 0 Å². The number of aryl methyl sites for hydroxylation is 2. The Bertz CT molecular complexity index is 967. The van der Waals surface area contributed by atoms with Crippen LogP contribution in [0.5, 0.6) is 5.75 Å². The Hall–Kier alpha value is -1.60. The lowest BCUT2D eigenvalue weighted by molar-refractivity contribution is 0.467. The average molecular weight is 541 g/mol. The summed E-state index contributed by atoms with van der Waals surface area (Å²) in [5.41, 5.74) is 5.44. The van der Waals surface area contributed by atoms with Crippen LogP contribution in [0.3, 0.4) is 0 Å². The van der Waals surface area contributed by atoms with Gasteiger partial charge in [0.05, 0.1) is 23.7 Å². The van der Waals surface area contributed by atoms with Gasteiger partial charge in [-0.3, -0.25) is 0 Å². The molecule has 0 saturated heterocycles. The van der Waals surface area contributed by atoms with Gasteiger partial charge in [0.1, 0.15) is 17.6 Å². The minimum absolute atomic E-state index is 0.265.